The molecule has 1 aliphatic heterocycles. The van der Waals surface area contributed by atoms with E-state index in [1.807, 2.05) is 0 Å². The molecule has 0 bridgehead atoms. The van der Waals surface area contributed by atoms with Crippen LogP contribution < -0.4 is 21.1 Å². The molecule has 0 radical (unpaired) electrons. The van der Waals surface area contributed by atoms with Gasteiger partial charge in [0, 0.05) is 42.1 Å². The second-order valence-electron chi connectivity index (χ2n) is 12.5. The van der Waals surface area contributed by atoms with Gasteiger partial charge in [-0.1, -0.05) is 43.7 Å². The number of hydrogen-bond donors (Lipinski definition) is 4. The molecular weight excluding hydrogens is 552 g/mol. The molecular formula is C35H46N6O3. The number of benzene rings is 2. The number of unbranched alkanes of at least 4 members (excludes halogenated alkanes) is 1. The number of aromatic nitrogens is 3. The first kappa shape index (κ1) is 30.4. The predicted octanol–water partition coefficient (Wildman–Crippen LogP) is 5.75. The first-order valence-electron chi connectivity index (χ1n) is 16.0. The zero-order chi connectivity index (χ0) is 30.7. The zero-order valence-corrected chi connectivity index (χ0v) is 26.2. The van der Waals surface area contributed by atoms with E-state index in [0.717, 1.165) is 85.2 Å². The van der Waals surface area contributed by atoms with Gasteiger partial charge in [0.05, 0.1) is 32.4 Å². The monoisotopic (exact) mass is 598 g/mol. The van der Waals surface area contributed by atoms with E-state index in [0.29, 0.717) is 24.0 Å². The highest BCUT2D eigenvalue weighted by Gasteiger charge is 2.49. The third kappa shape index (κ3) is 5.88. The van der Waals surface area contributed by atoms with Gasteiger partial charge in [0.25, 0.3) is 0 Å². The lowest BCUT2D eigenvalue weighted by Crippen LogP contribution is -2.60. The molecule has 3 aliphatic rings. The van der Waals surface area contributed by atoms with Gasteiger partial charge in [0.15, 0.2) is 5.82 Å². The maximum absolute atomic E-state index is 7.00. The van der Waals surface area contributed by atoms with Crippen LogP contribution in [0.5, 0.6) is 5.75 Å². The van der Waals surface area contributed by atoms with Crippen LogP contribution >= 0.6 is 0 Å². The van der Waals surface area contributed by atoms with Crippen molar-refractivity contribution in [2.75, 3.05) is 45.0 Å². The molecule has 1 unspecified atom stereocenters. The lowest BCUT2D eigenvalue weighted by Gasteiger charge is -2.54. The number of allylic oxidation sites excluding steroid dienone is 1. The summed E-state index contributed by atoms with van der Waals surface area (Å²) in [5, 5.41) is 15.6. The van der Waals surface area contributed by atoms with E-state index in [1.54, 1.807) is 7.11 Å². The number of ether oxygens (including phenoxy) is 2. The van der Waals surface area contributed by atoms with E-state index in [9.17, 15) is 0 Å². The quantitative estimate of drug-likeness (QED) is 0.171. The van der Waals surface area contributed by atoms with Crippen molar-refractivity contribution in [3.05, 3.63) is 59.7 Å². The molecule has 2 aromatic heterocycles. The molecule has 2 aromatic carbocycles. The Bertz CT molecular complexity index is 1630. The minimum absolute atomic E-state index is 0.287. The summed E-state index contributed by atoms with van der Waals surface area (Å²) in [7, 11) is 2.75. The number of aliphatic hydroxyl groups excluding tert-OH is 1. The van der Waals surface area contributed by atoms with Gasteiger partial charge in [0.2, 0.25) is 5.95 Å². The first-order valence-corrected chi connectivity index (χ1v) is 16.0. The Morgan fingerprint density at radius 1 is 1.14 bits per heavy atom. The topological polar surface area (TPSA) is 119 Å². The number of aliphatic hydroxyl groups is 1. The number of rotatable bonds is 10. The van der Waals surface area contributed by atoms with Crippen molar-refractivity contribution in [3.63, 3.8) is 0 Å². The van der Waals surface area contributed by atoms with Gasteiger partial charge in [-0.2, -0.15) is 4.98 Å². The number of anilines is 2. The minimum atomic E-state index is 0.287. The molecule has 234 valence electrons. The number of nitrogens with one attached hydrogen (secondary N) is 2. The molecule has 2 fully saturated rings. The van der Waals surface area contributed by atoms with E-state index in [2.05, 4.69) is 75.6 Å². The van der Waals surface area contributed by atoms with Crippen molar-refractivity contribution in [2.45, 2.75) is 70.5 Å². The van der Waals surface area contributed by atoms with Gasteiger partial charge in [0.1, 0.15) is 16.8 Å². The van der Waals surface area contributed by atoms with E-state index in [-0.39, 0.29) is 5.95 Å². The highest BCUT2D eigenvalue weighted by molar-refractivity contribution is 6.09. The first-order chi connectivity index (χ1) is 21.6. The summed E-state index contributed by atoms with van der Waals surface area (Å²) in [6.07, 6.45) is 10.6. The molecule has 0 amide bonds. The predicted molar refractivity (Wildman–Crippen MR) is 178 cm³/mol. The van der Waals surface area contributed by atoms with E-state index in [4.69, 9.17) is 25.3 Å². The standard InChI is InChI=1S/C34H42N6O2.CH4O/c1-3-4-14-36-32-31-30(38-33(35)39-32)27-10-5-6-11-28(27)40(31)19-24-15-23(12-13-29(24)41-2)22-8-7-9-25(16-22)37-26-17-34(18-26)20-42-21-34;1-2/h5-6,10-13,15-16,25-26,37H,3-4,7-9,14,17-21H2,1-2H3,(H3,35,36,38,39);2H,1H3. The number of fused-ring (bicyclic) bond motifs is 3. The van der Waals surface area contributed by atoms with Gasteiger partial charge in [-0.3, -0.25) is 0 Å². The lowest BCUT2D eigenvalue weighted by molar-refractivity contribution is -0.168. The molecule has 9 heteroatoms. The minimum Gasteiger partial charge on any atom is -0.496 e. The second kappa shape index (κ2) is 13.1. The average Bonchev–Trinajstić information content (AvgIpc) is 3.32. The van der Waals surface area contributed by atoms with Crippen molar-refractivity contribution < 1.29 is 14.6 Å². The molecule has 1 atom stereocenters. The van der Waals surface area contributed by atoms with Gasteiger partial charge >= 0.3 is 0 Å². The summed E-state index contributed by atoms with van der Waals surface area (Å²) in [4.78, 5) is 9.35. The molecule has 1 spiro atoms. The van der Waals surface area contributed by atoms with Gasteiger partial charge in [-0.15, -0.1) is 0 Å². The van der Waals surface area contributed by atoms with Crippen LogP contribution in [0.15, 0.2) is 48.5 Å². The van der Waals surface area contributed by atoms with Crippen LogP contribution in [-0.4, -0.2) is 65.7 Å². The van der Waals surface area contributed by atoms with Gasteiger partial charge < -0.3 is 35.5 Å². The fourth-order valence-corrected chi connectivity index (χ4v) is 7.22. The smallest absolute Gasteiger partial charge is 0.222 e. The Morgan fingerprint density at radius 3 is 2.70 bits per heavy atom. The number of nitrogens with zero attached hydrogens (tertiary/aromatic N) is 3. The van der Waals surface area contributed by atoms with E-state index in [1.165, 1.54) is 36.8 Å². The summed E-state index contributed by atoms with van der Waals surface area (Å²) in [5.41, 5.74) is 13.5. The van der Waals surface area contributed by atoms with Crippen LogP contribution in [0.1, 0.15) is 63.0 Å². The summed E-state index contributed by atoms with van der Waals surface area (Å²) >= 11 is 0. The van der Waals surface area contributed by atoms with Crippen molar-refractivity contribution in [3.8, 4) is 5.75 Å². The molecule has 4 aromatic rings. The van der Waals surface area contributed by atoms with E-state index < -0.39 is 0 Å². The van der Waals surface area contributed by atoms with Gasteiger partial charge in [-0.05, 0) is 67.9 Å². The van der Waals surface area contributed by atoms with Crippen LogP contribution in [-0.2, 0) is 11.3 Å². The van der Waals surface area contributed by atoms with Gasteiger partial charge in [-0.25, -0.2) is 4.98 Å². The van der Waals surface area contributed by atoms with Crippen molar-refractivity contribution in [1.29, 1.82) is 0 Å². The van der Waals surface area contributed by atoms with Crippen LogP contribution in [0.2, 0.25) is 0 Å². The fourth-order valence-electron chi connectivity index (χ4n) is 7.22. The molecule has 1 saturated carbocycles. The Morgan fingerprint density at radius 2 is 1.95 bits per heavy atom. The summed E-state index contributed by atoms with van der Waals surface area (Å²) in [6.45, 7) is 5.56. The van der Waals surface area contributed by atoms with Crippen molar-refractivity contribution >= 4 is 39.3 Å². The van der Waals surface area contributed by atoms with E-state index >= 15 is 0 Å². The van der Waals surface area contributed by atoms with Crippen LogP contribution in [0.4, 0.5) is 11.8 Å². The third-order valence-electron chi connectivity index (χ3n) is 9.41. The van der Waals surface area contributed by atoms with Crippen LogP contribution in [0.25, 0.3) is 27.5 Å². The largest absolute Gasteiger partial charge is 0.496 e. The Hall–Kier alpha value is -3.66. The Balaban J connectivity index is 0.00000168. The zero-order valence-electron chi connectivity index (χ0n) is 26.2. The number of nitrogens with two attached hydrogens (primary N) is 1. The highest BCUT2D eigenvalue weighted by Crippen LogP contribution is 2.47. The number of hydrogen-bond acceptors (Lipinski definition) is 8. The molecule has 9 nitrogen and oxygen atoms in total. The SMILES string of the molecule is CCCCNc1nc(N)nc2c3ccccc3n(Cc3cc(C4=CC(NC5CC6(COC6)C5)CCC4)ccc3OC)c12.CO. The second-order valence-corrected chi connectivity index (χ2v) is 12.5. The van der Waals surface area contributed by atoms with Crippen molar-refractivity contribution in [2.24, 2.45) is 5.41 Å². The molecule has 5 N–H and O–H groups in total. The van der Waals surface area contributed by atoms with Crippen LogP contribution in [0, 0.1) is 5.41 Å². The molecule has 3 heterocycles. The number of para-hydroxylation sites is 1. The number of nitrogen functional groups attached to an aromatic ring is 1. The summed E-state index contributed by atoms with van der Waals surface area (Å²) < 4.78 is 13.7. The summed E-state index contributed by atoms with van der Waals surface area (Å²) in [5.74, 6) is 1.96. The maximum atomic E-state index is 7.00. The Kier molecular flexibility index (Phi) is 9.07. The maximum Gasteiger partial charge on any atom is 0.222 e. The molecule has 7 rings (SSSR count). The molecule has 2 aliphatic carbocycles. The fraction of sp³-hybridized carbons (Fsp3) is 0.486. The highest BCUT2D eigenvalue weighted by atomic mass is 16.5. The van der Waals surface area contributed by atoms with Crippen molar-refractivity contribution in [1.82, 2.24) is 19.9 Å². The molecule has 44 heavy (non-hydrogen) atoms. The summed E-state index contributed by atoms with van der Waals surface area (Å²) in [6, 6.07) is 16.1. The third-order valence-corrected chi connectivity index (χ3v) is 9.41. The molecule has 1 saturated heterocycles. The Labute approximate surface area is 259 Å². The number of methoxy groups -OCH3 is 1. The lowest BCUT2D eigenvalue weighted by atomic mass is 9.64. The average molecular weight is 599 g/mol. The normalized spacial score (nSPS) is 19.2. The van der Waals surface area contributed by atoms with Crippen LogP contribution in [0.3, 0.4) is 0 Å².